The molecule has 0 spiro atoms. The van der Waals surface area contributed by atoms with Crippen molar-refractivity contribution in [3.05, 3.63) is 40.3 Å². The smallest absolute Gasteiger partial charge is 0.280 e. The third-order valence-corrected chi connectivity index (χ3v) is 3.71. The van der Waals surface area contributed by atoms with Gasteiger partial charge in [0.05, 0.1) is 17.1 Å². The molecular formula is C15H17N3O4. The number of nitrogens with zero attached hydrogens (tertiary/aromatic N) is 2. The lowest BCUT2D eigenvalue weighted by atomic mass is 10.3. The lowest BCUT2D eigenvalue weighted by Crippen LogP contribution is -2.35. The summed E-state index contributed by atoms with van der Waals surface area (Å²) in [4.78, 5) is 32.8. The third kappa shape index (κ3) is 2.60. The number of nitrogens with one attached hydrogen (secondary N) is 1. The molecular weight excluding hydrogens is 286 g/mol. The van der Waals surface area contributed by atoms with Gasteiger partial charge >= 0.3 is 0 Å². The number of rotatable bonds is 3. The molecule has 0 saturated carbocycles. The van der Waals surface area contributed by atoms with Gasteiger partial charge in [0.1, 0.15) is 6.10 Å². The normalized spacial score (nSPS) is 21.5. The first-order chi connectivity index (χ1) is 10.6. The number of aromatic nitrogens is 2. The van der Waals surface area contributed by atoms with Crippen LogP contribution in [0.1, 0.15) is 17.4 Å². The Labute approximate surface area is 126 Å². The molecule has 0 bridgehead atoms. The van der Waals surface area contributed by atoms with Gasteiger partial charge in [0.15, 0.2) is 5.69 Å². The molecule has 2 N–H and O–H groups in total. The van der Waals surface area contributed by atoms with Crippen LogP contribution < -0.4 is 5.56 Å². The minimum Gasteiger partial charge on any atom is -0.388 e. The van der Waals surface area contributed by atoms with E-state index in [0.29, 0.717) is 17.6 Å². The Morgan fingerprint density at radius 3 is 3.00 bits per heavy atom. The molecule has 0 radical (unpaired) electrons. The highest BCUT2D eigenvalue weighted by atomic mass is 16.5. The quantitative estimate of drug-likeness (QED) is 0.841. The molecule has 7 heteroatoms. The molecule has 1 aliphatic rings. The van der Waals surface area contributed by atoms with Gasteiger partial charge < -0.3 is 19.7 Å². The van der Waals surface area contributed by atoms with Gasteiger partial charge in [-0.2, -0.15) is 0 Å². The first-order valence-electron chi connectivity index (χ1n) is 7.18. The lowest BCUT2D eigenvalue weighted by molar-refractivity contribution is -0.00237. The molecule has 1 aromatic heterocycles. The van der Waals surface area contributed by atoms with E-state index >= 15 is 0 Å². The number of aliphatic hydroxyl groups is 1. The Hall–Kier alpha value is -2.25. The summed E-state index contributed by atoms with van der Waals surface area (Å²) in [6.07, 6.45) is -1.17. The number of hydrogen-bond donors (Lipinski definition) is 2. The number of likely N-dealkylation sites (tertiary alicyclic amines) is 1. The molecule has 1 aliphatic heterocycles. The summed E-state index contributed by atoms with van der Waals surface area (Å²) in [5.41, 5.74) is 0.436. The zero-order valence-corrected chi connectivity index (χ0v) is 12.2. The molecule has 1 saturated heterocycles. The largest absolute Gasteiger partial charge is 0.388 e. The minimum absolute atomic E-state index is 0.136. The zero-order valence-electron chi connectivity index (χ0n) is 12.2. The van der Waals surface area contributed by atoms with Crippen LogP contribution in [0, 0.1) is 0 Å². The first kappa shape index (κ1) is 14.7. The van der Waals surface area contributed by atoms with Crippen LogP contribution in [0.5, 0.6) is 0 Å². The van der Waals surface area contributed by atoms with Crippen molar-refractivity contribution in [3.8, 4) is 0 Å². The summed E-state index contributed by atoms with van der Waals surface area (Å²) < 4.78 is 5.38. The van der Waals surface area contributed by atoms with Crippen molar-refractivity contribution in [1.29, 1.82) is 0 Å². The van der Waals surface area contributed by atoms with Gasteiger partial charge in [-0.05, 0) is 19.1 Å². The molecule has 22 heavy (non-hydrogen) atoms. The molecule has 2 aromatic rings. The van der Waals surface area contributed by atoms with Crippen LogP contribution in [-0.4, -0.2) is 57.8 Å². The van der Waals surface area contributed by atoms with Gasteiger partial charge in [-0.15, -0.1) is 0 Å². The standard InChI is InChI=1S/C15H17N3O4/c1-2-22-12-8-18(7-11(12)19)15(21)13-14(20)17-10-6-4-3-5-9(10)16-13/h3-6,11-12,19H,2,7-8H2,1H3,(H,17,20)/t11-,12-/m0/s1. The van der Waals surface area contributed by atoms with Crippen LogP contribution >= 0.6 is 0 Å². The van der Waals surface area contributed by atoms with Crippen molar-refractivity contribution < 1.29 is 14.6 Å². The Balaban J connectivity index is 1.89. The highest BCUT2D eigenvalue weighted by molar-refractivity contribution is 5.94. The fourth-order valence-corrected chi connectivity index (χ4v) is 2.62. The highest BCUT2D eigenvalue weighted by Gasteiger charge is 2.36. The van der Waals surface area contributed by atoms with Crippen molar-refractivity contribution in [3.63, 3.8) is 0 Å². The predicted octanol–water partition coefficient (Wildman–Crippen LogP) is 0.145. The van der Waals surface area contributed by atoms with Crippen LogP contribution in [0.3, 0.4) is 0 Å². The zero-order chi connectivity index (χ0) is 15.7. The number of β-amino-alcohol motifs (C(OH)–C–C–N with tert-alkyl or cyclic N) is 1. The number of ether oxygens (including phenoxy) is 1. The molecule has 2 heterocycles. The molecule has 1 fully saturated rings. The summed E-state index contributed by atoms with van der Waals surface area (Å²) in [6, 6.07) is 7.02. The van der Waals surface area contributed by atoms with Crippen LogP contribution in [0.4, 0.5) is 0 Å². The molecule has 3 rings (SSSR count). The lowest BCUT2D eigenvalue weighted by Gasteiger charge is -2.15. The van der Waals surface area contributed by atoms with Crippen LogP contribution in [0.2, 0.25) is 0 Å². The fourth-order valence-electron chi connectivity index (χ4n) is 2.62. The number of aliphatic hydroxyl groups excluding tert-OH is 1. The van der Waals surface area contributed by atoms with Crippen LogP contribution in [0.25, 0.3) is 11.0 Å². The number of fused-ring (bicyclic) bond motifs is 1. The maximum atomic E-state index is 12.5. The van der Waals surface area contributed by atoms with Gasteiger partial charge in [0.2, 0.25) is 0 Å². The number of aromatic amines is 1. The SMILES string of the molecule is CCO[C@H]1CN(C(=O)c2nc3ccccc3[nH]c2=O)C[C@@H]1O. The van der Waals surface area contributed by atoms with E-state index in [1.165, 1.54) is 4.90 Å². The molecule has 0 aliphatic carbocycles. The van der Waals surface area contributed by atoms with E-state index in [1.54, 1.807) is 24.3 Å². The van der Waals surface area contributed by atoms with Gasteiger partial charge in [-0.1, -0.05) is 12.1 Å². The predicted molar refractivity (Wildman–Crippen MR) is 79.7 cm³/mol. The monoisotopic (exact) mass is 303 g/mol. The maximum absolute atomic E-state index is 12.5. The second-order valence-corrected chi connectivity index (χ2v) is 5.20. The van der Waals surface area contributed by atoms with Crippen molar-refractivity contribution in [2.45, 2.75) is 19.1 Å². The number of H-pyrrole nitrogens is 1. The number of hydrogen-bond acceptors (Lipinski definition) is 5. The van der Waals surface area contributed by atoms with Gasteiger partial charge in [0.25, 0.3) is 11.5 Å². The van der Waals surface area contributed by atoms with Gasteiger partial charge in [-0.3, -0.25) is 9.59 Å². The number of benzene rings is 1. The van der Waals surface area contributed by atoms with Crippen molar-refractivity contribution in [1.82, 2.24) is 14.9 Å². The summed E-state index contributed by atoms with van der Waals surface area (Å²) in [5.74, 6) is -0.492. The second kappa shape index (κ2) is 5.86. The van der Waals surface area contributed by atoms with E-state index in [2.05, 4.69) is 9.97 Å². The van der Waals surface area contributed by atoms with Crippen LogP contribution in [0.15, 0.2) is 29.1 Å². The molecule has 7 nitrogen and oxygen atoms in total. The average Bonchev–Trinajstić information content (AvgIpc) is 2.87. The van der Waals surface area contributed by atoms with Gasteiger partial charge in [0, 0.05) is 19.7 Å². The van der Waals surface area contributed by atoms with Crippen molar-refractivity contribution >= 4 is 16.9 Å². The molecule has 1 aromatic carbocycles. The molecule has 2 atom stereocenters. The maximum Gasteiger partial charge on any atom is 0.280 e. The summed E-state index contributed by atoms with van der Waals surface area (Å²) in [6.45, 7) is 2.67. The Bertz CT molecular complexity index is 758. The van der Waals surface area contributed by atoms with Crippen molar-refractivity contribution in [2.24, 2.45) is 0 Å². The summed E-state index contributed by atoms with van der Waals surface area (Å²) in [7, 11) is 0. The minimum atomic E-state index is -0.747. The first-order valence-corrected chi connectivity index (χ1v) is 7.18. The second-order valence-electron chi connectivity index (χ2n) is 5.20. The Morgan fingerprint density at radius 1 is 1.45 bits per heavy atom. The molecule has 0 unspecified atom stereocenters. The van der Waals surface area contributed by atoms with E-state index in [9.17, 15) is 14.7 Å². The third-order valence-electron chi connectivity index (χ3n) is 3.71. The summed E-state index contributed by atoms with van der Waals surface area (Å²) >= 11 is 0. The number of amides is 1. The number of carbonyl (C=O) groups excluding carboxylic acids is 1. The van der Waals surface area contributed by atoms with E-state index in [1.807, 2.05) is 6.92 Å². The number of para-hydroxylation sites is 2. The van der Waals surface area contributed by atoms with Crippen molar-refractivity contribution in [2.75, 3.05) is 19.7 Å². The van der Waals surface area contributed by atoms with E-state index in [4.69, 9.17) is 4.74 Å². The Morgan fingerprint density at radius 2 is 2.23 bits per heavy atom. The van der Waals surface area contributed by atoms with E-state index < -0.39 is 23.7 Å². The Kier molecular flexibility index (Phi) is 3.91. The molecule has 116 valence electrons. The average molecular weight is 303 g/mol. The fraction of sp³-hybridized carbons (Fsp3) is 0.400. The number of carbonyl (C=O) groups is 1. The van der Waals surface area contributed by atoms with E-state index in [-0.39, 0.29) is 18.8 Å². The van der Waals surface area contributed by atoms with E-state index in [0.717, 1.165) is 0 Å². The van der Waals surface area contributed by atoms with Gasteiger partial charge in [-0.25, -0.2) is 4.98 Å². The van der Waals surface area contributed by atoms with Crippen LogP contribution in [-0.2, 0) is 4.74 Å². The highest BCUT2D eigenvalue weighted by Crippen LogP contribution is 2.16. The molecule has 1 amide bonds. The summed E-state index contributed by atoms with van der Waals surface area (Å²) in [5, 5.41) is 9.90. The topological polar surface area (TPSA) is 95.5 Å².